The minimum atomic E-state index is -0.448. The van der Waals surface area contributed by atoms with Gasteiger partial charge < -0.3 is 9.47 Å². The van der Waals surface area contributed by atoms with Crippen LogP contribution in [0.1, 0.15) is 11.3 Å². The van der Waals surface area contributed by atoms with E-state index in [-0.39, 0.29) is 0 Å². The van der Waals surface area contributed by atoms with Crippen LogP contribution in [0.3, 0.4) is 0 Å². The van der Waals surface area contributed by atoms with Crippen molar-refractivity contribution in [3.63, 3.8) is 0 Å². The molecule has 1 saturated heterocycles. The number of aromatic amines is 1. The van der Waals surface area contributed by atoms with Crippen molar-refractivity contribution in [3.05, 3.63) is 68.6 Å². The highest BCUT2D eigenvalue weighted by molar-refractivity contribution is 5.75. The van der Waals surface area contributed by atoms with Gasteiger partial charge in [0, 0.05) is 64.8 Å². The summed E-state index contributed by atoms with van der Waals surface area (Å²) in [6.07, 6.45) is 3.02. The third-order valence-corrected chi connectivity index (χ3v) is 6.58. The SMILES string of the molecule is Cc1cn2c3c(=O)[nH]c(=O)n(C)c3nc2n1CCN1CCN(CCc2ccccc2)CC1. The molecule has 4 heterocycles. The van der Waals surface area contributed by atoms with E-state index in [1.807, 2.05) is 13.1 Å². The molecule has 9 heteroatoms. The van der Waals surface area contributed by atoms with E-state index in [9.17, 15) is 9.59 Å². The van der Waals surface area contributed by atoms with Crippen LogP contribution in [0.15, 0.2) is 46.1 Å². The zero-order valence-corrected chi connectivity index (χ0v) is 18.6. The summed E-state index contributed by atoms with van der Waals surface area (Å²) in [6.45, 7) is 9.11. The second kappa shape index (κ2) is 8.40. The molecule has 1 N–H and O–H groups in total. The summed E-state index contributed by atoms with van der Waals surface area (Å²) in [7, 11) is 1.63. The molecule has 0 unspecified atom stereocenters. The molecule has 168 valence electrons. The van der Waals surface area contributed by atoms with Gasteiger partial charge in [0.25, 0.3) is 5.56 Å². The Morgan fingerprint density at radius 2 is 1.66 bits per heavy atom. The van der Waals surface area contributed by atoms with E-state index in [2.05, 4.69) is 54.7 Å². The van der Waals surface area contributed by atoms with Gasteiger partial charge in [-0.1, -0.05) is 30.3 Å². The number of piperazine rings is 1. The van der Waals surface area contributed by atoms with Crippen molar-refractivity contribution in [2.75, 3.05) is 39.3 Å². The summed E-state index contributed by atoms with van der Waals surface area (Å²) in [5.41, 5.74) is 2.41. The van der Waals surface area contributed by atoms with Gasteiger partial charge in [-0.15, -0.1) is 0 Å². The van der Waals surface area contributed by atoms with E-state index >= 15 is 0 Å². The Morgan fingerprint density at radius 3 is 2.38 bits per heavy atom. The maximum atomic E-state index is 12.4. The van der Waals surface area contributed by atoms with Crippen molar-refractivity contribution in [1.82, 2.24) is 33.3 Å². The highest BCUT2D eigenvalue weighted by atomic mass is 16.2. The maximum absolute atomic E-state index is 12.4. The molecule has 5 rings (SSSR count). The molecule has 1 aliphatic heterocycles. The number of aryl methyl sites for hydroxylation is 2. The lowest BCUT2D eigenvalue weighted by Crippen LogP contribution is -2.47. The minimum absolute atomic E-state index is 0.403. The molecule has 1 aromatic carbocycles. The van der Waals surface area contributed by atoms with Crippen LogP contribution in [0.25, 0.3) is 16.9 Å². The number of nitrogens with zero attached hydrogens (tertiary/aromatic N) is 6. The molecule has 0 radical (unpaired) electrons. The summed E-state index contributed by atoms with van der Waals surface area (Å²) in [4.78, 5) is 36.3. The molecule has 9 nitrogen and oxygen atoms in total. The quantitative estimate of drug-likeness (QED) is 0.485. The predicted molar refractivity (Wildman–Crippen MR) is 124 cm³/mol. The van der Waals surface area contributed by atoms with Crippen molar-refractivity contribution < 1.29 is 0 Å². The second-order valence-corrected chi connectivity index (χ2v) is 8.61. The molecule has 3 aromatic heterocycles. The normalized spacial score (nSPS) is 15.8. The molecule has 0 bridgehead atoms. The molecular formula is C23H29N7O2. The van der Waals surface area contributed by atoms with Crippen LogP contribution in [-0.2, 0) is 20.0 Å². The minimum Gasteiger partial charge on any atom is -0.313 e. The largest absolute Gasteiger partial charge is 0.329 e. The number of nitrogens with one attached hydrogen (secondary N) is 1. The average molecular weight is 436 g/mol. The molecule has 1 fully saturated rings. The zero-order valence-electron chi connectivity index (χ0n) is 18.6. The van der Waals surface area contributed by atoms with Crippen molar-refractivity contribution in [2.45, 2.75) is 19.9 Å². The average Bonchev–Trinajstić information content (AvgIpc) is 3.31. The summed E-state index contributed by atoms with van der Waals surface area (Å²) in [6, 6.07) is 10.7. The molecule has 0 amide bonds. The summed E-state index contributed by atoms with van der Waals surface area (Å²) in [5.74, 6) is 0.700. The Morgan fingerprint density at radius 1 is 0.969 bits per heavy atom. The topological polar surface area (TPSA) is 83.6 Å². The molecule has 0 saturated carbocycles. The fourth-order valence-electron chi connectivity index (χ4n) is 4.60. The standard InChI is InChI=1S/C23H29N7O2/c1-17-16-30-19-20(26(2)23(32)25-21(19)31)24-22(30)29(17)15-14-28-12-10-27(11-13-28)9-8-18-6-4-3-5-7-18/h3-7,16H,8-15H2,1-2H3,(H,25,31,32). The van der Waals surface area contributed by atoms with E-state index in [1.165, 1.54) is 10.1 Å². The van der Waals surface area contributed by atoms with Crippen LogP contribution in [-0.4, -0.2) is 72.6 Å². The smallest absolute Gasteiger partial charge is 0.313 e. The number of hydrogen-bond donors (Lipinski definition) is 1. The lowest BCUT2D eigenvalue weighted by Gasteiger charge is -2.34. The van der Waals surface area contributed by atoms with Crippen molar-refractivity contribution >= 4 is 16.9 Å². The molecule has 0 spiro atoms. The fourth-order valence-corrected chi connectivity index (χ4v) is 4.60. The number of hydrogen-bond acceptors (Lipinski definition) is 5. The number of imidazole rings is 2. The molecule has 4 aromatic rings. The maximum Gasteiger partial charge on any atom is 0.329 e. The Kier molecular flexibility index (Phi) is 5.44. The number of aromatic nitrogens is 5. The van der Waals surface area contributed by atoms with E-state index in [1.54, 1.807) is 11.4 Å². The highest BCUT2D eigenvalue weighted by Gasteiger charge is 2.20. The number of H-pyrrole nitrogens is 1. The predicted octanol–water partition coefficient (Wildman–Crippen LogP) is 0.845. The van der Waals surface area contributed by atoms with Crippen molar-refractivity contribution in [2.24, 2.45) is 7.05 Å². The fraction of sp³-hybridized carbons (Fsp3) is 0.435. The molecule has 32 heavy (non-hydrogen) atoms. The Hall–Kier alpha value is -3.17. The van der Waals surface area contributed by atoms with Gasteiger partial charge in [0.15, 0.2) is 11.2 Å². The van der Waals surface area contributed by atoms with Gasteiger partial charge in [0.2, 0.25) is 5.78 Å². The summed E-state index contributed by atoms with van der Waals surface area (Å²) in [5, 5.41) is 0. The Labute approximate surface area is 185 Å². The van der Waals surface area contributed by atoms with Gasteiger partial charge in [-0.2, -0.15) is 4.98 Å². The second-order valence-electron chi connectivity index (χ2n) is 8.61. The number of benzene rings is 1. The van der Waals surface area contributed by atoms with Crippen LogP contribution in [0.4, 0.5) is 0 Å². The van der Waals surface area contributed by atoms with E-state index in [0.717, 1.165) is 57.9 Å². The first-order chi connectivity index (χ1) is 15.5. The van der Waals surface area contributed by atoms with E-state index < -0.39 is 11.2 Å². The van der Waals surface area contributed by atoms with Crippen molar-refractivity contribution in [3.8, 4) is 0 Å². The first-order valence-corrected chi connectivity index (χ1v) is 11.2. The number of fused-ring (bicyclic) bond motifs is 3. The van der Waals surface area contributed by atoms with Gasteiger partial charge in [-0.25, -0.2) is 4.79 Å². The molecule has 0 atom stereocenters. The lowest BCUT2D eigenvalue weighted by atomic mass is 10.1. The van der Waals surface area contributed by atoms with Crippen molar-refractivity contribution in [1.29, 1.82) is 0 Å². The number of rotatable bonds is 6. The summed E-state index contributed by atoms with van der Waals surface area (Å²) < 4.78 is 5.31. The van der Waals surface area contributed by atoms with Crippen LogP contribution < -0.4 is 11.2 Å². The van der Waals surface area contributed by atoms with Crippen LogP contribution >= 0.6 is 0 Å². The molecular weight excluding hydrogens is 406 g/mol. The highest BCUT2D eigenvalue weighted by Crippen LogP contribution is 2.16. The van der Waals surface area contributed by atoms with Gasteiger partial charge in [-0.3, -0.25) is 23.6 Å². The summed E-state index contributed by atoms with van der Waals surface area (Å²) >= 11 is 0. The van der Waals surface area contributed by atoms with Gasteiger partial charge in [0.1, 0.15) is 0 Å². The lowest BCUT2D eigenvalue weighted by molar-refractivity contribution is 0.130. The van der Waals surface area contributed by atoms with Crippen LogP contribution in [0.5, 0.6) is 0 Å². The van der Waals surface area contributed by atoms with Gasteiger partial charge in [0.05, 0.1) is 0 Å². The molecule has 0 aliphatic carbocycles. The van der Waals surface area contributed by atoms with E-state index in [0.29, 0.717) is 16.9 Å². The Bertz CT molecular complexity index is 1350. The zero-order chi connectivity index (χ0) is 22.2. The van der Waals surface area contributed by atoms with Gasteiger partial charge >= 0.3 is 5.69 Å². The molecule has 1 aliphatic rings. The first kappa shape index (κ1) is 20.7. The third kappa shape index (κ3) is 3.78. The third-order valence-electron chi connectivity index (χ3n) is 6.58. The van der Waals surface area contributed by atoms with Crippen LogP contribution in [0, 0.1) is 6.92 Å². The van der Waals surface area contributed by atoms with E-state index in [4.69, 9.17) is 0 Å². The van der Waals surface area contributed by atoms with Gasteiger partial charge in [-0.05, 0) is 18.9 Å². The van der Waals surface area contributed by atoms with Crippen LogP contribution in [0.2, 0.25) is 0 Å². The Balaban J connectivity index is 1.24. The first-order valence-electron chi connectivity index (χ1n) is 11.2. The monoisotopic (exact) mass is 435 g/mol.